The van der Waals surface area contributed by atoms with Gasteiger partial charge < -0.3 is 24.7 Å². The fourth-order valence-corrected chi connectivity index (χ4v) is 3.67. The molecule has 0 aliphatic heterocycles. The van der Waals surface area contributed by atoms with Gasteiger partial charge in [-0.15, -0.1) is 0 Å². The van der Waals surface area contributed by atoms with E-state index in [-0.39, 0.29) is 18.9 Å². The largest absolute Gasteiger partial charge is 0.464 e. The lowest BCUT2D eigenvalue weighted by molar-refractivity contribution is -0.147. The Bertz CT molecular complexity index is 974. The van der Waals surface area contributed by atoms with Gasteiger partial charge >= 0.3 is 12.1 Å². The number of esters is 1. The molecule has 2 aromatic rings. The van der Waals surface area contributed by atoms with Crippen molar-refractivity contribution in [3.63, 3.8) is 0 Å². The number of para-hydroxylation sites is 1. The molecule has 2 rings (SSSR count). The van der Waals surface area contributed by atoms with E-state index in [0.717, 1.165) is 16.5 Å². The SMILES string of the molecule is CCOC(=O)C(Cc1cn(C)c2ccccc12)NC(=O)C(CC(C)C)NC(=O)OC(C)(C)C. The van der Waals surface area contributed by atoms with Gasteiger partial charge in [-0.25, -0.2) is 9.59 Å². The molecule has 33 heavy (non-hydrogen) atoms. The molecule has 0 aliphatic carbocycles. The second kappa shape index (κ2) is 11.2. The Morgan fingerprint density at radius 2 is 1.73 bits per heavy atom. The van der Waals surface area contributed by atoms with E-state index in [1.54, 1.807) is 27.7 Å². The van der Waals surface area contributed by atoms with Gasteiger partial charge in [0.1, 0.15) is 17.7 Å². The molecule has 1 aromatic heterocycles. The smallest absolute Gasteiger partial charge is 0.408 e. The number of carbonyl (C=O) groups is 3. The molecule has 0 saturated heterocycles. The summed E-state index contributed by atoms with van der Waals surface area (Å²) in [6.45, 7) is 11.1. The summed E-state index contributed by atoms with van der Waals surface area (Å²) in [6.07, 6.45) is 1.94. The Labute approximate surface area is 196 Å². The van der Waals surface area contributed by atoms with Crippen molar-refractivity contribution in [3.8, 4) is 0 Å². The van der Waals surface area contributed by atoms with Gasteiger partial charge in [0.15, 0.2) is 0 Å². The number of aromatic nitrogens is 1. The van der Waals surface area contributed by atoms with Crippen LogP contribution < -0.4 is 10.6 Å². The third-order valence-corrected chi connectivity index (χ3v) is 5.01. The third kappa shape index (κ3) is 7.80. The zero-order chi connectivity index (χ0) is 24.8. The maximum Gasteiger partial charge on any atom is 0.408 e. The normalized spacial score (nSPS) is 13.5. The highest BCUT2D eigenvalue weighted by Crippen LogP contribution is 2.22. The number of rotatable bonds is 9. The maximum absolute atomic E-state index is 13.2. The van der Waals surface area contributed by atoms with Gasteiger partial charge in [-0.2, -0.15) is 0 Å². The zero-order valence-corrected chi connectivity index (χ0v) is 20.7. The van der Waals surface area contributed by atoms with E-state index in [9.17, 15) is 14.4 Å². The number of fused-ring (bicyclic) bond motifs is 1. The summed E-state index contributed by atoms with van der Waals surface area (Å²) in [5.41, 5.74) is 1.27. The highest BCUT2D eigenvalue weighted by molar-refractivity contribution is 5.91. The molecule has 8 heteroatoms. The van der Waals surface area contributed by atoms with Crippen molar-refractivity contribution in [2.75, 3.05) is 6.61 Å². The Morgan fingerprint density at radius 3 is 2.33 bits per heavy atom. The van der Waals surface area contributed by atoms with Gasteiger partial charge in [-0.1, -0.05) is 32.0 Å². The fourth-order valence-electron chi connectivity index (χ4n) is 3.67. The molecule has 8 nitrogen and oxygen atoms in total. The predicted molar refractivity (Wildman–Crippen MR) is 128 cm³/mol. The number of carbonyl (C=O) groups excluding carboxylic acids is 3. The number of hydrogen-bond acceptors (Lipinski definition) is 5. The van der Waals surface area contributed by atoms with Crippen molar-refractivity contribution in [1.82, 2.24) is 15.2 Å². The quantitative estimate of drug-likeness (QED) is 0.557. The zero-order valence-electron chi connectivity index (χ0n) is 20.7. The summed E-state index contributed by atoms with van der Waals surface area (Å²) >= 11 is 0. The van der Waals surface area contributed by atoms with E-state index in [2.05, 4.69) is 10.6 Å². The number of aryl methyl sites for hydroxylation is 1. The molecule has 0 radical (unpaired) electrons. The first kappa shape index (κ1) is 26.2. The van der Waals surface area contributed by atoms with Gasteiger partial charge in [-0.05, 0) is 51.7 Å². The summed E-state index contributed by atoms with van der Waals surface area (Å²) < 4.78 is 12.5. The molecule has 0 spiro atoms. The Morgan fingerprint density at radius 1 is 1.06 bits per heavy atom. The van der Waals surface area contributed by atoms with Crippen molar-refractivity contribution in [3.05, 3.63) is 36.0 Å². The molecule has 0 bridgehead atoms. The van der Waals surface area contributed by atoms with Gasteiger partial charge in [0.2, 0.25) is 5.91 Å². The minimum Gasteiger partial charge on any atom is -0.464 e. The van der Waals surface area contributed by atoms with E-state index < -0.39 is 35.7 Å². The Balaban J connectivity index is 2.24. The van der Waals surface area contributed by atoms with Crippen LogP contribution in [-0.4, -0.2) is 46.8 Å². The molecule has 2 unspecified atom stereocenters. The lowest BCUT2D eigenvalue weighted by Gasteiger charge is -2.25. The number of ether oxygens (including phenoxy) is 2. The topological polar surface area (TPSA) is 98.7 Å². The monoisotopic (exact) mass is 459 g/mol. The van der Waals surface area contributed by atoms with Crippen LogP contribution in [0.25, 0.3) is 10.9 Å². The molecule has 2 N–H and O–H groups in total. The lowest BCUT2D eigenvalue weighted by atomic mass is 10.0. The highest BCUT2D eigenvalue weighted by atomic mass is 16.6. The second-order valence-electron chi connectivity index (χ2n) is 9.63. The summed E-state index contributed by atoms with van der Waals surface area (Å²) in [5, 5.41) is 6.46. The van der Waals surface area contributed by atoms with E-state index in [1.165, 1.54) is 0 Å². The first-order valence-corrected chi connectivity index (χ1v) is 11.4. The summed E-state index contributed by atoms with van der Waals surface area (Å²) in [5.74, 6) is -0.831. The van der Waals surface area contributed by atoms with Crippen LogP contribution in [0.3, 0.4) is 0 Å². The Hall–Kier alpha value is -3.03. The van der Waals surface area contributed by atoms with Crippen LogP contribution in [0.15, 0.2) is 30.5 Å². The van der Waals surface area contributed by atoms with Crippen LogP contribution in [0.4, 0.5) is 4.79 Å². The number of hydrogen-bond donors (Lipinski definition) is 2. The molecule has 0 aliphatic rings. The van der Waals surface area contributed by atoms with Gasteiger partial charge in [0.25, 0.3) is 0 Å². The minimum atomic E-state index is -0.890. The standard InChI is InChI=1S/C25H37N3O5/c1-8-32-23(30)20(14-17-15-28(7)21-12-10-9-11-18(17)21)26-22(29)19(13-16(2)3)27-24(31)33-25(4,5)6/h9-12,15-16,19-20H,8,13-14H2,1-7H3,(H,26,29)(H,27,31). The van der Waals surface area contributed by atoms with Crippen molar-refractivity contribution in [2.45, 2.75) is 72.1 Å². The first-order chi connectivity index (χ1) is 15.4. The van der Waals surface area contributed by atoms with E-state index in [1.807, 2.05) is 55.9 Å². The summed E-state index contributed by atoms with van der Waals surface area (Å²) in [4.78, 5) is 38.2. The number of nitrogens with zero attached hydrogens (tertiary/aromatic N) is 1. The van der Waals surface area contributed by atoms with Crippen molar-refractivity contribution in [2.24, 2.45) is 13.0 Å². The molecule has 1 heterocycles. The molecular formula is C25H37N3O5. The number of alkyl carbamates (subject to hydrolysis) is 1. The lowest BCUT2D eigenvalue weighted by Crippen LogP contribution is -2.53. The van der Waals surface area contributed by atoms with Crippen molar-refractivity contribution < 1.29 is 23.9 Å². The number of benzene rings is 1. The van der Waals surface area contributed by atoms with Crippen LogP contribution >= 0.6 is 0 Å². The van der Waals surface area contributed by atoms with E-state index in [4.69, 9.17) is 9.47 Å². The summed E-state index contributed by atoms with van der Waals surface area (Å²) in [6, 6.07) is 6.14. The summed E-state index contributed by atoms with van der Waals surface area (Å²) in [7, 11) is 1.94. The highest BCUT2D eigenvalue weighted by Gasteiger charge is 2.30. The second-order valence-corrected chi connectivity index (χ2v) is 9.63. The molecule has 2 amide bonds. The van der Waals surface area contributed by atoms with Crippen LogP contribution in [0, 0.1) is 5.92 Å². The Kier molecular flexibility index (Phi) is 8.91. The average molecular weight is 460 g/mol. The van der Waals surface area contributed by atoms with E-state index >= 15 is 0 Å². The number of nitrogens with one attached hydrogen (secondary N) is 2. The van der Waals surface area contributed by atoms with Crippen LogP contribution in [-0.2, 0) is 32.5 Å². The van der Waals surface area contributed by atoms with Crippen LogP contribution in [0.1, 0.15) is 53.5 Å². The molecule has 182 valence electrons. The molecule has 1 aromatic carbocycles. The minimum absolute atomic E-state index is 0.134. The van der Waals surface area contributed by atoms with E-state index in [0.29, 0.717) is 6.42 Å². The van der Waals surface area contributed by atoms with Crippen molar-refractivity contribution in [1.29, 1.82) is 0 Å². The third-order valence-electron chi connectivity index (χ3n) is 5.01. The van der Waals surface area contributed by atoms with Crippen LogP contribution in [0.5, 0.6) is 0 Å². The predicted octanol–water partition coefficient (Wildman–Crippen LogP) is 3.71. The van der Waals surface area contributed by atoms with Crippen LogP contribution in [0.2, 0.25) is 0 Å². The van der Waals surface area contributed by atoms with Gasteiger partial charge in [0, 0.05) is 30.6 Å². The molecule has 0 fully saturated rings. The van der Waals surface area contributed by atoms with Crippen molar-refractivity contribution >= 4 is 28.9 Å². The molecule has 0 saturated carbocycles. The number of amides is 2. The fraction of sp³-hybridized carbons (Fsp3) is 0.560. The first-order valence-electron chi connectivity index (χ1n) is 11.4. The maximum atomic E-state index is 13.2. The molecular weight excluding hydrogens is 422 g/mol. The molecule has 2 atom stereocenters. The van der Waals surface area contributed by atoms with Gasteiger partial charge in [0.05, 0.1) is 6.61 Å². The van der Waals surface area contributed by atoms with Gasteiger partial charge in [-0.3, -0.25) is 4.79 Å². The average Bonchev–Trinajstić information content (AvgIpc) is 3.01.